The molecular weight excluding hydrogens is 411 g/mol. The van der Waals surface area contributed by atoms with Crippen LogP contribution < -0.4 is 9.86 Å². The van der Waals surface area contributed by atoms with Crippen LogP contribution in [0.1, 0.15) is 5.56 Å². The zero-order chi connectivity index (χ0) is 17.4. The van der Waals surface area contributed by atoms with E-state index in [0.29, 0.717) is 11.6 Å². The Labute approximate surface area is 141 Å². The second kappa shape index (κ2) is 6.19. The van der Waals surface area contributed by atoms with E-state index in [9.17, 15) is 21.2 Å². The first-order chi connectivity index (χ1) is 10.5. The molecule has 0 aromatic heterocycles. The van der Waals surface area contributed by atoms with Crippen LogP contribution in [0.4, 0.5) is 10.1 Å². The lowest BCUT2D eigenvalue weighted by atomic mass is 10.2. The molecule has 10 heteroatoms. The molecule has 0 radical (unpaired) electrons. The van der Waals surface area contributed by atoms with E-state index in [4.69, 9.17) is 5.14 Å². The Hall–Kier alpha value is -1.49. The van der Waals surface area contributed by atoms with Gasteiger partial charge in [0.2, 0.25) is 10.0 Å². The Morgan fingerprint density at radius 1 is 1.04 bits per heavy atom. The van der Waals surface area contributed by atoms with Crippen LogP contribution in [-0.2, 0) is 20.0 Å². The van der Waals surface area contributed by atoms with E-state index in [1.807, 2.05) is 0 Å². The minimum absolute atomic E-state index is 0.0480. The summed E-state index contributed by atoms with van der Waals surface area (Å²) >= 11 is 3.26. The Morgan fingerprint density at radius 3 is 2.17 bits per heavy atom. The van der Waals surface area contributed by atoms with Crippen molar-refractivity contribution < 1.29 is 21.2 Å². The lowest BCUT2D eigenvalue weighted by molar-refractivity contribution is 0.592. The molecule has 0 aliphatic carbocycles. The Kier molecular flexibility index (Phi) is 4.81. The molecule has 2 aromatic rings. The summed E-state index contributed by atoms with van der Waals surface area (Å²) in [4.78, 5) is -0.495. The van der Waals surface area contributed by atoms with Gasteiger partial charge < -0.3 is 0 Å². The van der Waals surface area contributed by atoms with Crippen LogP contribution in [0.3, 0.4) is 0 Å². The average molecular weight is 423 g/mol. The first-order valence-electron chi connectivity index (χ1n) is 6.12. The van der Waals surface area contributed by atoms with Gasteiger partial charge in [0.15, 0.2) is 0 Å². The van der Waals surface area contributed by atoms with Crippen molar-refractivity contribution in [1.82, 2.24) is 0 Å². The molecule has 0 amide bonds. The quantitative estimate of drug-likeness (QED) is 0.787. The molecule has 0 aliphatic rings. The Balaban J connectivity index is 2.39. The van der Waals surface area contributed by atoms with Gasteiger partial charge >= 0.3 is 0 Å². The number of halogens is 2. The number of anilines is 1. The summed E-state index contributed by atoms with van der Waals surface area (Å²) in [7, 11) is -8.09. The molecule has 2 rings (SSSR count). The first-order valence-corrected chi connectivity index (χ1v) is 9.94. The number of aryl methyl sites for hydroxylation is 1. The monoisotopic (exact) mass is 422 g/mol. The molecule has 0 unspecified atom stereocenters. The van der Waals surface area contributed by atoms with Crippen LogP contribution in [0.2, 0.25) is 0 Å². The zero-order valence-corrected chi connectivity index (χ0v) is 15.0. The summed E-state index contributed by atoms with van der Waals surface area (Å²) in [6, 6.07) is 7.00. The maximum Gasteiger partial charge on any atom is 0.261 e. The fraction of sp³-hybridized carbons (Fsp3) is 0.0769. The van der Waals surface area contributed by atoms with Gasteiger partial charge in [0.25, 0.3) is 10.0 Å². The summed E-state index contributed by atoms with van der Waals surface area (Å²) in [6.45, 7) is 1.71. The molecule has 0 bridgehead atoms. The highest BCUT2D eigenvalue weighted by molar-refractivity contribution is 9.10. The summed E-state index contributed by atoms with van der Waals surface area (Å²) < 4.78 is 63.5. The molecule has 0 atom stereocenters. The van der Waals surface area contributed by atoms with Gasteiger partial charge in [-0.05, 0) is 48.9 Å². The van der Waals surface area contributed by atoms with Gasteiger partial charge in [-0.1, -0.05) is 15.9 Å². The van der Waals surface area contributed by atoms with Gasteiger partial charge in [-0.3, -0.25) is 4.72 Å². The first kappa shape index (κ1) is 17.9. The molecule has 0 spiro atoms. The van der Waals surface area contributed by atoms with E-state index < -0.39 is 30.8 Å². The van der Waals surface area contributed by atoms with Crippen molar-refractivity contribution in [3.8, 4) is 0 Å². The second-order valence-electron chi connectivity index (χ2n) is 4.70. The normalized spacial score (nSPS) is 12.2. The molecule has 3 N–H and O–H groups in total. The number of primary sulfonamides is 1. The summed E-state index contributed by atoms with van der Waals surface area (Å²) in [5.74, 6) is -1.05. The lowest BCUT2D eigenvalue weighted by Gasteiger charge is -2.10. The fourth-order valence-electron chi connectivity index (χ4n) is 1.74. The SMILES string of the molecule is Cc1cc(S(=O)(=O)Nc2ccc(S(N)(=O)=O)cc2F)ccc1Br. The maximum atomic E-state index is 13.9. The molecule has 0 fully saturated rings. The molecule has 23 heavy (non-hydrogen) atoms. The van der Waals surface area contributed by atoms with Gasteiger partial charge in [0.05, 0.1) is 15.5 Å². The molecule has 0 aliphatic heterocycles. The van der Waals surface area contributed by atoms with Gasteiger partial charge in [0, 0.05) is 4.47 Å². The van der Waals surface area contributed by atoms with Crippen LogP contribution in [-0.4, -0.2) is 16.8 Å². The topological polar surface area (TPSA) is 106 Å². The maximum absolute atomic E-state index is 13.9. The van der Waals surface area contributed by atoms with Crippen molar-refractivity contribution in [2.45, 2.75) is 16.7 Å². The summed E-state index contributed by atoms with van der Waals surface area (Å²) in [5.41, 5.74) is 0.316. The van der Waals surface area contributed by atoms with Crippen molar-refractivity contribution in [1.29, 1.82) is 0 Å². The predicted molar refractivity (Wildman–Crippen MR) is 87.5 cm³/mol. The number of rotatable bonds is 4. The number of sulfonamides is 2. The minimum Gasteiger partial charge on any atom is -0.277 e. The van der Waals surface area contributed by atoms with E-state index in [1.54, 1.807) is 13.0 Å². The molecule has 0 saturated heterocycles. The highest BCUT2D eigenvalue weighted by atomic mass is 79.9. The third-order valence-electron chi connectivity index (χ3n) is 2.95. The Bertz CT molecular complexity index is 975. The average Bonchev–Trinajstić information content (AvgIpc) is 2.42. The van der Waals surface area contributed by atoms with Crippen LogP contribution in [0.25, 0.3) is 0 Å². The molecule has 2 aromatic carbocycles. The fourth-order valence-corrected chi connectivity index (χ4v) is 3.67. The van der Waals surface area contributed by atoms with Crippen molar-refractivity contribution in [3.63, 3.8) is 0 Å². The molecule has 124 valence electrons. The molecule has 6 nitrogen and oxygen atoms in total. The Morgan fingerprint density at radius 2 is 1.65 bits per heavy atom. The van der Waals surface area contributed by atoms with E-state index in [2.05, 4.69) is 20.7 Å². The van der Waals surface area contributed by atoms with Crippen LogP contribution >= 0.6 is 15.9 Å². The van der Waals surface area contributed by atoms with E-state index >= 15 is 0 Å². The van der Waals surface area contributed by atoms with Crippen LogP contribution in [0.15, 0.2) is 50.7 Å². The highest BCUT2D eigenvalue weighted by Gasteiger charge is 2.18. The summed E-state index contributed by atoms with van der Waals surface area (Å²) in [5, 5.41) is 4.89. The lowest BCUT2D eigenvalue weighted by Crippen LogP contribution is -2.16. The number of benzene rings is 2. The third-order valence-corrected chi connectivity index (χ3v) is 6.12. The van der Waals surface area contributed by atoms with Gasteiger partial charge in [-0.15, -0.1) is 0 Å². The van der Waals surface area contributed by atoms with Crippen molar-refractivity contribution in [2.75, 3.05) is 4.72 Å². The van der Waals surface area contributed by atoms with E-state index in [-0.39, 0.29) is 10.6 Å². The van der Waals surface area contributed by atoms with Crippen molar-refractivity contribution >= 4 is 41.7 Å². The van der Waals surface area contributed by atoms with Gasteiger partial charge in [-0.2, -0.15) is 0 Å². The van der Waals surface area contributed by atoms with E-state index in [1.165, 1.54) is 12.1 Å². The van der Waals surface area contributed by atoms with E-state index in [0.717, 1.165) is 16.6 Å². The van der Waals surface area contributed by atoms with Crippen molar-refractivity contribution in [2.24, 2.45) is 5.14 Å². The number of hydrogen-bond acceptors (Lipinski definition) is 4. The number of nitrogens with two attached hydrogens (primary N) is 1. The third kappa shape index (κ3) is 4.08. The van der Waals surface area contributed by atoms with Gasteiger partial charge in [0.1, 0.15) is 5.82 Å². The predicted octanol–water partition coefficient (Wildman–Crippen LogP) is 2.34. The number of hydrogen-bond donors (Lipinski definition) is 2. The molecule has 0 heterocycles. The molecule has 0 saturated carbocycles. The largest absolute Gasteiger partial charge is 0.277 e. The smallest absolute Gasteiger partial charge is 0.261 e. The van der Waals surface area contributed by atoms with Crippen LogP contribution in [0.5, 0.6) is 0 Å². The highest BCUT2D eigenvalue weighted by Crippen LogP contribution is 2.24. The van der Waals surface area contributed by atoms with Crippen molar-refractivity contribution in [3.05, 3.63) is 52.3 Å². The second-order valence-corrected chi connectivity index (χ2v) is 8.80. The minimum atomic E-state index is -4.07. The number of nitrogens with one attached hydrogen (secondary N) is 1. The summed E-state index contributed by atoms with van der Waals surface area (Å²) in [6.07, 6.45) is 0. The zero-order valence-electron chi connectivity index (χ0n) is 11.7. The van der Waals surface area contributed by atoms with Gasteiger partial charge in [-0.25, -0.2) is 26.4 Å². The standard InChI is InChI=1S/C13H12BrFN2O4S2/c1-8-6-10(2-4-11(8)14)23(20,21)17-13-5-3-9(7-12(13)15)22(16,18)19/h2-7,17H,1H3,(H2,16,18,19). The van der Waals surface area contributed by atoms with Crippen LogP contribution in [0, 0.1) is 12.7 Å². The molecular formula is C13H12BrFN2O4S2.